The summed E-state index contributed by atoms with van der Waals surface area (Å²) in [5.41, 5.74) is 0. The molecule has 10 nitrogen and oxygen atoms in total. The molecule has 1 rings (SSSR count). The van der Waals surface area contributed by atoms with Crippen LogP contribution < -0.4 is 0 Å². The van der Waals surface area contributed by atoms with E-state index >= 15 is 0 Å². The van der Waals surface area contributed by atoms with Crippen molar-refractivity contribution in [3.8, 4) is 0 Å². The first-order valence-corrected chi connectivity index (χ1v) is 14.1. The van der Waals surface area contributed by atoms with Gasteiger partial charge in [-0.25, -0.2) is 0 Å². The summed E-state index contributed by atoms with van der Waals surface area (Å²) in [6.07, 6.45) is 4.80. The minimum absolute atomic E-state index is 0.214. The third-order valence-corrected chi connectivity index (χ3v) is 6.49. The predicted octanol–water partition coefficient (Wildman–Crippen LogP) is 2.76. The number of aliphatic hydroxyl groups is 4. The van der Waals surface area contributed by atoms with Gasteiger partial charge in [-0.3, -0.25) is 9.59 Å². The zero-order valence-corrected chi connectivity index (χ0v) is 22.7. The van der Waals surface area contributed by atoms with Crippen LogP contribution in [0.1, 0.15) is 104 Å². The predicted molar refractivity (Wildman–Crippen MR) is 137 cm³/mol. The molecular weight excluding hydrogens is 484 g/mol. The second kappa shape index (κ2) is 20.6. The first kappa shape index (κ1) is 33.7. The Morgan fingerprint density at radius 1 is 0.730 bits per heavy atom. The Morgan fingerprint density at radius 2 is 1.27 bits per heavy atom. The fourth-order valence-corrected chi connectivity index (χ4v) is 4.13. The van der Waals surface area contributed by atoms with Crippen LogP contribution in [-0.4, -0.2) is 89.0 Å². The molecule has 6 atom stereocenters. The first-order valence-electron chi connectivity index (χ1n) is 14.1. The SMILES string of the molecule is CCCCCCCCC(=O)OC[C@H](CO[C@@H]1O[C@H](CO)[C@H](O)[C@H](O)[C@H]1O)OC(=O)CCCCCCCC. The van der Waals surface area contributed by atoms with Crippen LogP contribution >= 0.6 is 0 Å². The standard InChI is InChI=1S/C27H50O10/c1-3-5-7-9-11-13-15-22(29)34-18-20(36-23(30)16-14-12-10-8-6-4-2)19-35-27-26(33)25(32)24(31)21(17-28)37-27/h20-21,24-28,31-33H,3-19H2,1-2H3/t20-,21-,24+,25+,26-,27-/m1/s1. The normalized spacial score (nSPS) is 24.5. The Kier molecular flexibility index (Phi) is 18.8. The minimum Gasteiger partial charge on any atom is -0.462 e. The van der Waals surface area contributed by atoms with Gasteiger partial charge < -0.3 is 39.4 Å². The zero-order valence-electron chi connectivity index (χ0n) is 22.7. The van der Waals surface area contributed by atoms with Crippen LogP contribution in [0.2, 0.25) is 0 Å². The Morgan fingerprint density at radius 3 is 1.84 bits per heavy atom. The number of esters is 2. The maximum atomic E-state index is 12.4. The van der Waals surface area contributed by atoms with Crippen molar-refractivity contribution in [2.24, 2.45) is 0 Å². The minimum atomic E-state index is -1.58. The zero-order chi connectivity index (χ0) is 27.5. The Hall–Kier alpha value is -1.30. The molecule has 1 aliphatic rings. The summed E-state index contributed by atoms with van der Waals surface area (Å²) < 4.78 is 21.7. The molecule has 37 heavy (non-hydrogen) atoms. The van der Waals surface area contributed by atoms with Gasteiger partial charge in [-0.15, -0.1) is 0 Å². The largest absolute Gasteiger partial charge is 0.462 e. The van der Waals surface area contributed by atoms with Crippen molar-refractivity contribution >= 4 is 11.9 Å². The number of unbranched alkanes of at least 4 members (excludes halogenated alkanes) is 10. The van der Waals surface area contributed by atoms with E-state index in [2.05, 4.69) is 13.8 Å². The monoisotopic (exact) mass is 534 g/mol. The van der Waals surface area contributed by atoms with Crippen molar-refractivity contribution < 1.29 is 49.0 Å². The van der Waals surface area contributed by atoms with Gasteiger partial charge in [0.15, 0.2) is 12.4 Å². The molecule has 218 valence electrons. The van der Waals surface area contributed by atoms with Crippen molar-refractivity contribution in [1.29, 1.82) is 0 Å². The smallest absolute Gasteiger partial charge is 0.306 e. The fraction of sp³-hybridized carbons (Fsp3) is 0.926. The summed E-state index contributed by atoms with van der Waals surface area (Å²) in [6.45, 7) is 3.22. The van der Waals surface area contributed by atoms with Gasteiger partial charge in [-0.1, -0.05) is 78.1 Å². The van der Waals surface area contributed by atoms with E-state index < -0.39 is 49.4 Å². The van der Waals surface area contributed by atoms with Crippen LogP contribution in [0.25, 0.3) is 0 Å². The summed E-state index contributed by atoms with van der Waals surface area (Å²) in [7, 11) is 0. The summed E-state index contributed by atoms with van der Waals surface area (Å²) in [4.78, 5) is 24.6. The van der Waals surface area contributed by atoms with Gasteiger partial charge in [0.25, 0.3) is 0 Å². The highest BCUT2D eigenvalue weighted by Gasteiger charge is 2.44. The van der Waals surface area contributed by atoms with Gasteiger partial charge in [0.1, 0.15) is 31.0 Å². The molecule has 0 bridgehead atoms. The molecule has 0 aliphatic carbocycles. The average Bonchev–Trinajstić information content (AvgIpc) is 2.89. The second-order valence-corrected chi connectivity index (χ2v) is 9.86. The maximum absolute atomic E-state index is 12.4. The third kappa shape index (κ3) is 14.4. The summed E-state index contributed by atoms with van der Waals surface area (Å²) in [5.74, 6) is -0.829. The van der Waals surface area contributed by atoms with Gasteiger partial charge in [0, 0.05) is 12.8 Å². The molecule has 1 aliphatic heterocycles. The fourth-order valence-electron chi connectivity index (χ4n) is 4.13. The molecule has 0 aromatic carbocycles. The van der Waals surface area contributed by atoms with E-state index in [1.54, 1.807) is 0 Å². The number of rotatable bonds is 21. The van der Waals surface area contributed by atoms with Crippen molar-refractivity contribution in [2.75, 3.05) is 19.8 Å². The Balaban J connectivity index is 2.55. The molecule has 0 spiro atoms. The molecule has 0 unspecified atom stereocenters. The first-order chi connectivity index (χ1) is 17.8. The molecule has 4 N–H and O–H groups in total. The maximum Gasteiger partial charge on any atom is 0.306 e. The van der Waals surface area contributed by atoms with Crippen molar-refractivity contribution in [3.05, 3.63) is 0 Å². The van der Waals surface area contributed by atoms with Gasteiger partial charge in [-0.05, 0) is 12.8 Å². The van der Waals surface area contributed by atoms with Crippen LogP contribution in [0.5, 0.6) is 0 Å². The van der Waals surface area contributed by atoms with Crippen molar-refractivity contribution in [1.82, 2.24) is 0 Å². The van der Waals surface area contributed by atoms with Crippen LogP contribution in [0, 0.1) is 0 Å². The van der Waals surface area contributed by atoms with E-state index in [1.807, 2.05) is 0 Å². The van der Waals surface area contributed by atoms with Crippen molar-refractivity contribution in [2.45, 2.75) is 141 Å². The molecule has 1 fully saturated rings. The lowest BCUT2D eigenvalue weighted by Gasteiger charge is -2.39. The van der Waals surface area contributed by atoms with Crippen LogP contribution in [0.3, 0.4) is 0 Å². The van der Waals surface area contributed by atoms with E-state index in [9.17, 15) is 30.0 Å². The molecule has 0 amide bonds. The molecule has 1 heterocycles. The highest BCUT2D eigenvalue weighted by atomic mass is 16.7. The van der Waals surface area contributed by atoms with E-state index in [-0.39, 0.29) is 32.0 Å². The van der Waals surface area contributed by atoms with E-state index in [1.165, 1.54) is 12.8 Å². The molecular formula is C27H50O10. The van der Waals surface area contributed by atoms with Gasteiger partial charge >= 0.3 is 11.9 Å². The summed E-state index contributed by atoms with van der Waals surface area (Å²) in [5, 5.41) is 39.4. The van der Waals surface area contributed by atoms with Gasteiger partial charge in [0.2, 0.25) is 0 Å². The molecule has 0 radical (unpaired) electrons. The number of hydrogen-bond donors (Lipinski definition) is 4. The Bertz CT molecular complexity index is 600. The lowest BCUT2D eigenvalue weighted by Crippen LogP contribution is -2.59. The highest BCUT2D eigenvalue weighted by Crippen LogP contribution is 2.22. The Labute approximate surface area is 221 Å². The van der Waals surface area contributed by atoms with Crippen LogP contribution in [0.4, 0.5) is 0 Å². The topological polar surface area (TPSA) is 152 Å². The number of ether oxygens (including phenoxy) is 4. The van der Waals surface area contributed by atoms with Gasteiger partial charge in [-0.2, -0.15) is 0 Å². The quantitative estimate of drug-likeness (QED) is 0.128. The van der Waals surface area contributed by atoms with E-state index in [0.29, 0.717) is 6.42 Å². The number of aliphatic hydroxyl groups excluding tert-OH is 4. The van der Waals surface area contributed by atoms with Crippen molar-refractivity contribution in [3.63, 3.8) is 0 Å². The highest BCUT2D eigenvalue weighted by molar-refractivity contribution is 5.70. The lowest BCUT2D eigenvalue weighted by molar-refractivity contribution is -0.305. The third-order valence-electron chi connectivity index (χ3n) is 6.49. The summed E-state index contributed by atoms with van der Waals surface area (Å²) >= 11 is 0. The lowest BCUT2D eigenvalue weighted by atomic mass is 9.99. The second-order valence-electron chi connectivity index (χ2n) is 9.86. The van der Waals surface area contributed by atoms with Gasteiger partial charge in [0.05, 0.1) is 13.2 Å². The molecule has 0 aromatic rings. The van der Waals surface area contributed by atoms with E-state index in [4.69, 9.17) is 18.9 Å². The molecule has 0 saturated carbocycles. The molecule has 10 heteroatoms. The van der Waals surface area contributed by atoms with Crippen LogP contribution in [-0.2, 0) is 28.5 Å². The number of carbonyl (C=O) groups excluding carboxylic acids is 2. The molecule has 1 saturated heterocycles. The molecule has 0 aromatic heterocycles. The number of carbonyl (C=O) groups is 2. The van der Waals surface area contributed by atoms with E-state index in [0.717, 1.165) is 57.8 Å². The van der Waals surface area contributed by atoms with Crippen LogP contribution in [0.15, 0.2) is 0 Å². The summed E-state index contributed by atoms with van der Waals surface area (Å²) in [6, 6.07) is 0. The average molecular weight is 535 g/mol. The number of hydrogen-bond acceptors (Lipinski definition) is 10.